The van der Waals surface area contributed by atoms with Crippen LogP contribution in [0.2, 0.25) is 0 Å². The van der Waals surface area contributed by atoms with E-state index in [1.54, 1.807) is 13.0 Å². The smallest absolute Gasteiger partial charge is 0.301 e. The normalized spacial score (nSPS) is 20.3. The van der Waals surface area contributed by atoms with Gasteiger partial charge in [-0.2, -0.15) is 18.4 Å². The van der Waals surface area contributed by atoms with Crippen LogP contribution in [0, 0.1) is 34.3 Å². The van der Waals surface area contributed by atoms with E-state index in [0.29, 0.717) is 12.8 Å². The lowest BCUT2D eigenvalue weighted by Gasteiger charge is -2.41. The number of nitrogens with zero attached hydrogens (tertiary/aromatic N) is 3. The number of amides is 1. The van der Waals surface area contributed by atoms with Crippen molar-refractivity contribution in [2.75, 3.05) is 5.32 Å². The number of nitrogens with one attached hydrogen (secondary N) is 1. The van der Waals surface area contributed by atoms with Gasteiger partial charge in [0.15, 0.2) is 11.6 Å². The second-order valence-corrected chi connectivity index (χ2v) is 8.52. The van der Waals surface area contributed by atoms with Gasteiger partial charge < -0.3 is 4.57 Å². The van der Waals surface area contributed by atoms with E-state index >= 15 is 0 Å². The van der Waals surface area contributed by atoms with Crippen LogP contribution in [0.5, 0.6) is 0 Å². The Hall–Kier alpha value is -2.70. The summed E-state index contributed by atoms with van der Waals surface area (Å²) in [4.78, 5) is 16.7. The molecule has 160 valence electrons. The monoisotopic (exact) mass is 426 g/mol. The van der Waals surface area contributed by atoms with Gasteiger partial charge in [-0.1, -0.05) is 6.92 Å². The summed E-state index contributed by atoms with van der Waals surface area (Å²) in [5, 5.41) is 11.5. The average molecular weight is 426 g/mol. The van der Waals surface area contributed by atoms with Crippen molar-refractivity contribution in [2.45, 2.75) is 57.7 Å². The van der Waals surface area contributed by atoms with Crippen molar-refractivity contribution < 1.29 is 26.7 Å². The molecule has 5 nitrogen and oxygen atoms in total. The van der Waals surface area contributed by atoms with Gasteiger partial charge in [-0.3, -0.25) is 10.1 Å². The SMILES string of the molecule is CC(C(=O)Nc1nc2c(F)cc(C#N)c(F)c2n1C1(C)CCC1)C1(C(F)(F)F)CC1. The minimum atomic E-state index is -4.52. The van der Waals surface area contributed by atoms with Gasteiger partial charge in [-0.15, -0.1) is 0 Å². The molecule has 2 aromatic rings. The molecular formula is C20H19F5N4O. The summed E-state index contributed by atoms with van der Waals surface area (Å²) < 4.78 is 71.0. The molecule has 1 aromatic carbocycles. The minimum absolute atomic E-state index is 0.145. The molecule has 1 amide bonds. The third-order valence-corrected chi connectivity index (χ3v) is 6.72. The molecule has 0 bridgehead atoms. The van der Waals surface area contributed by atoms with E-state index in [1.807, 2.05) is 0 Å². The first kappa shape index (κ1) is 20.6. The number of hydrogen-bond acceptors (Lipinski definition) is 3. The van der Waals surface area contributed by atoms with Crippen molar-refractivity contribution in [3.63, 3.8) is 0 Å². The highest BCUT2D eigenvalue weighted by Gasteiger charge is 2.67. The predicted octanol–water partition coefficient (Wildman–Crippen LogP) is 5.00. The minimum Gasteiger partial charge on any atom is -0.301 e. The van der Waals surface area contributed by atoms with Crippen molar-refractivity contribution in [1.82, 2.24) is 9.55 Å². The molecule has 4 rings (SSSR count). The summed E-state index contributed by atoms with van der Waals surface area (Å²) in [6.07, 6.45) is -2.84. The van der Waals surface area contributed by atoms with Crippen LogP contribution in [0.1, 0.15) is 51.5 Å². The Morgan fingerprint density at radius 2 is 1.93 bits per heavy atom. The maximum absolute atomic E-state index is 15.0. The first-order valence-corrected chi connectivity index (χ1v) is 9.64. The maximum Gasteiger partial charge on any atom is 0.395 e. The Balaban J connectivity index is 1.81. The van der Waals surface area contributed by atoms with Crippen LogP contribution in [-0.4, -0.2) is 21.6 Å². The van der Waals surface area contributed by atoms with E-state index in [0.717, 1.165) is 12.5 Å². The van der Waals surface area contributed by atoms with Gasteiger partial charge in [0, 0.05) is 11.5 Å². The van der Waals surface area contributed by atoms with Gasteiger partial charge >= 0.3 is 6.18 Å². The standard InChI is InChI=1S/C20H19F5N4O/c1-10(19(6-7-19)20(23,24)25)16(30)28-17-27-14-12(21)8-11(9-26)13(22)15(14)29(17)18(2)4-3-5-18/h8,10H,3-7H2,1-2H3,(H,27,28,30). The Kier molecular flexibility index (Phi) is 4.39. The zero-order chi connectivity index (χ0) is 22.1. The largest absolute Gasteiger partial charge is 0.395 e. The molecule has 1 N–H and O–H groups in total. The lowest BCUT2D eigenvalue weighted by Crippen LogP contribution is -2.41. The molecule has 2 saturated carbocycles. The van der Waals surface area contributed by atoms with E-state index in [2.05, 4.69) is 10.3 Å². The van der Waals surface area contributed by atoms with Gasteiger partial charge in [0.2, 0.25) is 11.9 Å². The summed E-state index contributed by atoms with van der Waals surface area (Å²) in [5.41, 5.74) is -3.94. The van der Waals surface area contributed by atoms with Gasteiger partial charge in [0.05, 0.1) is 11.0 Å². The topological polar surface area (TPSA) is 70.7 Å². The predicted molar refractivity (Wildman–Crippen MR) is 97.4 cm³/mol. The van der Waals surface area contributed by atoms with Crippen LogP contribution in [0.4, 0.5) is 27.9 Å². The number of carbonyl (C=O) groups is 1. The highest BCUT2D eigenvalue weighted by molar-refractivity contribution is 5.94. The van der Waals surface area contributed by atoms with Crippen LogP contribution in [-0.2, 0) is 10.3 Å². The van der Waals surface area contributed by atoms with E-state index in [-0.39, 0.29) is 29.8 Å². The quantitative estimate of drug-likeness (QED) is 0.700. The molecule has 1 heterocycles. The van der Waals surface area contributed by atoms with E-state index < -0.39 is 46.2 Å². The number of fused-ring (bicyclic) bond motifs is 1. The molecule has 0 spiro atoms. The number of nitriles is 1. The number of rotatable bonds is 4. The second-order valence-electron chi connectivity index (χ2n) is 8.52. The summed E-state index contributed by atoms with van der Waals surface area (Å²) in [7, 11) is 0. The molecule has 2 aliphatic rings. The van der Waals surface area contributed by atoms with Crippen LogP contribution in [0.3, 0.4) is 0 Å². The number of halogens is 5. The molecule has 0 aliphatic heterocycles. The number of imidazole rings is 1. The lowest BCUT2D eigenvalue weighted by atomic mass is 9.78. The molecule has 1 unspecified atom stereocenters. The van der Waals surface area contributed by atoms with Crippen LogP contribution in [0.15, 0.2) is 6.07 Å². The molecule has 30 heavy (non-hydrogen) atoms. The summed E-state index contributed by atoms with van der Waals surface area (Å²) in [6, 6.07) is 2.30. The lowest BCUT2D eigenvalue weighted by molar-refractivity contribution is -0.201. The molecule has 2 fully saturated rings. The van der Waals surface area contributed by atoms with Crippen molar-refractivity contribution in [3.05, 3.63) is 23.3 Å². The fourth-order valence-electron chi connectivity index (χ4n) is 4.34. The average Bonchev–Trinajstić information content (AvgIpc) is 3.38. The Labute approximate surface area is 168 Å². The zero-order valence-electron chi connectivity index (χ0n) is 16.3. The van der Waals surface area contributed by atoms with Crippen molar-refractivity contribution in [3.8, 4) is 6.07 Å². The Morgan fingerprint density at radius 3 is 2.40 bits per heavy atom. The fraction of sp³-hybridized carbons (Fsp3) is 0.550. The van der Waals surface area contributed by atoms with Crippen LogP contribution >= 0.6 is 0 Å². The van der Waals surface area contributed by atoms with Gasteiger partial charge in [0.1, 0.15) is 17.1 Å². The Morgan fingerprint density at radius 1 is 1.30 bits per heavy atom. The van der Waals surface area contributed by atoms with Crippen molar-refractivity contribution >= 4 is 22.9 Å². The second kappa shape index (κ2) is 6.40. The first-order valence-electron chi connectivity index (χ1n) is 9.64. The maximum atomic E-state index is 15.0. The third kappa shape index (κ3) is 2.78. The van der Waals surface area contributed by atoms with Crippen LogP contribution < -0.4 is 5.32 Å². The number of aromatic nitrogens is 2. The summed E-state index contributed by atoms with van der Waals surface area (Å²) >= 11 is 0. The van der Waals surface area contributed by atoms with Gasteiger partial charge in [-0.25, -0.2) is 13.8 Å². The molecule has 2 aliphatic carbocycles. The highest BCUT2D eigenvalue weighted by atomic mass is 19.4. The van der Waals surface area contributed by atoms with Gasteiger partial charge in [0.25, 0.3) is 0 Å². The number of benzene rings is 1. The fourth-order valence-corrected chi connectivity index (χ4v) is 4.34. The van der Waals surface area contributed by atoms with E-state index in [9.17, 15) is 26.7 Å². The molecule has 1 aromatic heterocycles. The summed E-state index contributed by atoms with van der Waals surface area (Å²) in [5.74, 6) is -4.43. The zero-order valence-corrected chi connectivity index (χ0v) is 16.3. The first-order chi connectivity index (χ1) is 13.9. The molecule has 0 saturated heterocycles. The van der Waals surface area contributed by atoms with Crippen molar-refractivity contribution in [1.29, 1.82) is 5.26 Å². The van der Waals surface area contributed by atoms with E-state index in [4.69, 9.17) is 5.26 Å². The van der Waals surface area contributed by atoms with Crippen LogP contribution in [0.25, 0.3) is 11.0 Å². The molecule has 10 heteroatoms. The summed E-state index contributed by atoms with van der Waals surface area (Å²) in [6.45, 7) is 2.97. The number of carbonyl (C=O) groups excluding carboxylic acids is 1. The highest BCUT2D eigenvalue weighted by Crippen LogP contribution is 2.62. The van der Waals surface area contributed by atoms with E-state index in [1.165, 1.54) is 11.5 Å². The molecule has 0 radical (unpaired) electrons. The van der Waals surface area contributed by atoms with Crippen molar-refractivity contribution in [2.24, 2.45) is 11.3 Å². The van der Waals surface area contributed by atoms with Gasteiger partial charge in [-0.05, 0) is 45.1 Å². The number of alkyl halides is 3. The number of anilines is 1. The third-order valence-electron chi connectivity index (χ3n) is 6.72. The molecular weight excluding hydrogens is 407 g/mol. The Bertz CT molecular complexity index is 1090. The molecule has 1 atom stereocenters. The number of hydrogen-bond donors (Lipinski definition) is 1.